The Hall–Kier alpha value is -1.87. The Morgan fingerprint density at radius 1 is 1.11 bits per heavy atom. The van der Waals surface area contributed by atoms with Gasteiger partial charge in [-0.2, -0.15) is 0 Å². The molecule has 1 heterocycles. The summed E-state index contributed by atoms with van der Waals surface area (Å²) in [5.74, 6) is 1.45. The predicted molar refractivity (Wildman–Crippen MR) is 72.9 cm³/mol. The number of nitrogens with zero attached hydrogens (tertiary/aromatic N) is 1. The maximum absolute atomic E-state index is 5.73. The third-order valence-corrected chi connectivity index (χ3v) is 2.73. The van der Waals surface area contributed by atoms with E-state index in [1.165, 1.54) is 5.56 Å². The van der Waals surface area contributed by atoms with Gasteiger partial charge in [0.1, 0.15) is 5.75 Å². The number of rotatable bonds is 5. The number of benzene rings is 1. The van der Waals surface area contributed by atoms with Gasteiger partial charge in [0.2, 0.25) is 5.88 Å². The molecule has 0 saturated heterocycles. The van der Waals surface area contributed by atoms with E-state index >= 15 is 0 Å². The summed E-state index contributed by atoms with van der Waals surface area (Å²) < 4.78 is 5.73. The Morgan fingerprint density at radius 2 is 1.89 bits per heavy atom. The summed E-state index contributed by atoms with van der Waals surface area (Å²) >= 11 is 0. The van der Waals surface area contributed by atoms with Gasteiger partial charge in [-0.25, -0.2) is 4.98 Å². The second-order valence-corrected chi connectivity index (χ2v) is 4.13. The summed E-state index contributed by atoms with van der Waals surface area (Å²) in [5.41, 5.74) is 2.46. The van der Waals surface area contributed by atoms with Crippen molar-refractivity contribution >= 4 is 0 Å². The molecular formula is C15H18N2O. The van der Waals surface area contributed by atoms with Crippen LogP contribution in [-0.2, 0) is 13.0 Å². The monoisotopic (exact) mass is 242 g/mol. The van der Waals surface area contributed by atoms with E-state index in [2.05, 4.69) is 29.4 Å². The van der Waals surface area contributed by atoms with Gasteiger partial charge in [-0.1, -0.05) is 19.1 Å². The molecule has 2 aromatic rings. The zero-order valence-corrected chi connectivity index (χ0v) is 10.8. The molecule has 0 aliphatic carbocycles. The smallest absolute Gasteiger partial charge is 0.219 e. The van der Waals surface area contributed by atoms with Gasteiger partial charge in [0.15, 0.2) is 0 Å². The first-order valence-corrected chi connectivity index (χ1v) is 6.18. The van der Waals surface area contributed by atoms with Crippen molar-refractivity contribution < 1.29 is 4.74 Å². The minimum Gasteiger partial charge on any atom is -0.439 e. The number of ether oxygens (including phenoxy) is 1. The summed E-state index contributed by atoms with van der Waals surface area (Å²) in [6, 6.07) is 12.0. The molecule has 2 rings (SSSR count). The maximum atomic E-state index is 5.73. The highest BCUT2D eigenvalue weighted by atomic mass is 16.5. The molecule has 0 amide bonds. The molecule has 94 valence electrons. The van der Waals surface area contributed by atoms with E-state index in [-0.39, 0.29) is 0 Å². The fourth-order valence-corrected chi connectivity index (χ4v) is 1.73. The molecule has 0 fully saturated rings. The molecule has 0 unspecified atom stereocenters. The third kappa shape index (κ3) is 3.31. The summed E-state index contributed by atoms with van der Waals surface area (Å²) in [6.07, 6.45) is 2.80. The topological polar surface area (TPSA) is 34.1 Å². The summed E-state index contributed by atoms with van der Waals surface area (Å²) in [4.78, 5) is 4.21. The molecule has 0 saturated carbocycles. The first-order valence-electron chi connectivity index (χ1n) is 6.18. The van der Waals surface area contributed by atoms with Gasteiger partial charge < -0.3 is 10.1 Å². The highest BCUT2D eigenvalue weighted by Gasteiger charge is 2.00. The van der Waals surface area contributed by atoms with Gasteiger partial charge >= 0.3 is 0 Å². The van der Waals surface area contributed by atoms with Crippen LogP contribution in [0.15, 0.2) is 42.6 Å². The molecular weight excluding hydrogens is 224 g/mol. The lowest BCUT2D eigenvalue weighted by atomic mass is 10.2. The molecule has 0 spiro atoms. The van der Waals surface area contributed by atoms with Gasteiger partial charge in [0.25, 0.3) is 0 Å². The molecule has 0 aliphatic rings. The lowest BCUT2D eigenvalue weighted by Crippen LogP contribution is -2.05. The zero-order chi connectivity index (χ0) is 12.8. The van der Waals surface area contributed by atoms with Crippen molar-refractivity contribution in [3.8, 4) is 11.6 Å². The molecule has 18 heavy (non-hydrogen) atoms. The highest BCUT2D eigenvalue weighted by molar-refractivity contribution is 5.31. The minimum atomic E-state index is 0.631. The van der Waals surface area contributed by atoms with E-state index in [4.69, 9.17) is 4.74 Å². The summed E-state index contributed by atoms with van der Waals surface area (Å²) in [7, 11) is 1.92. The second kappa shape index (κ2) is 6.17. The van der Waals surface area contributed by atoms with Crippen LogP contribution < -0.4 is 10.1 Å². The van der Waals surface area contributed by atoms with Crippen LogP contribution in [0.2, 0.25) is 0 Å². The number of nitrogens with one attached hydrogen (secondary N) is 1. The maximum Gasteiger partial charge on any atom is 0.219 e. The zero-order valence-electron chi connectivity index (χ0n) is 10.8. The average molecular weight is 242 g/mol. The summed E-state index contributed by atoms with van der Waals surface area (Å²) in [6.45, 7) is 2.95. The van der Waals surface area contributed by atoms with Crippen molar-refractivity contribution in [1.82, 2.24) is 10.3 Å². The Bertz CT molecular complexity index is 494. The Balaban J connectivity index is 2.09. The van der Waals surface area contributed by atoms with E-state index in [1.807, 2.05) is 31.3 Å². The van der Waals surface area contributed by atoms with Crippen LogP contribution in [-0.4, -0.2) is 12.0 Å². The Morgan fingerprint density at radius 3 is 2.56 bits per heavy atom. The fourth-order valence-electron chi connectivity index (χ4n) is 1.73. The number of hydrogen-bond acceptors (Lipinski definition) is 3. The normalized spacial score (nSPS) is 10.3. The molecule has 3 nitrogen and oxygen atoms in total. The molecule has 3 heteroatoms. The molecule has 0 radical (unpaired) electrons. The largest absolute Gasteiger partial charge is 0.439 e. The van der Waals surface area contributed by atoms with Crippen molar-refractivity contribution in [3.05, 3.63) is 53.7 Å². The van der Waals surface area contributed by atoms with E-state index in [9.17, 15) is 0 Å². The van der Waals surface area contributed by atoms with E-state index in [1.54, 1.807) is 6.20 Å². The molecule has 0 atom stereocenters. The molecule has 1 N–H and O–H groups in total. The minimum absolute atomic E-state index is 0.631. The summed E-state index contributed by atoms with van der Waals surface area (Å²) in [5, 5.41) is 3.11. The van der Waals surface area contributed by atoms with E-state index in [0.717, 1.165) is 24.3 Å². The molecule has 0 bridgehead atoms. The second-order valence-electron chi connectivity index (χ2n) is 4.13. The first kappa shape index (κ1) is 12.6. The predicted octanol–water partition coefficient (Wildman–Crippen LogP) is 3.16. The Kier molecular flexibility index (Phi) is 4.31. The van der Waals surface area contributed by atoms with Crippen molar-refractivity contribution in [2.24, 2.45) is 0 Å². The van der Waals surface area contributed by atoms with Crippen molar-refractivity contribution in [2.45, 2.75) is 19.9 Å². The highest BCUT2D eigenvalue weighted by Crippen LogP contribution is 2.20. The van der Waals surface area contributed by atoms with Crippen LogP contribution in [0.4, 0.5) is 0 Å². The van der Waals surface area contributed by atoms with Crippen molar-refractivity contribution in [3.63, 3.8) is 0 Å². The van der Waals surface area contributed by atoms with Crippen LogP contribution in [0.25, 0.3) is 0 Å². The number of aryl methyl sites for hydroxylation is 1. The van der Waals surface area contributed by atoms with Crippen LogP contribution in [0.3, 0.4) is 0 Å². The molecule has 1 aromatic carbocycles. The number of aromatic nitrogens is 1. The lowest BCUT2D eigenvalue weighted by Gasteiger charge is -2.07. The first-order chi connectivity index (χ1) is 8.81. The average Bonchev–Trinajstić information content (AvgIpc) is 2.40. The van der Waals surface area contributed by atoms with Gasteiger partial charge in [0.05, 0.1) is 0 Å². The quantitative estimate of drug-likeness (QED) is 0.874. The van der Waals surface area contributed by atoms with Gasteiger partial charge in [0, 0.05) is 18.8 Å². The third-order valence-electron chi connectivity index (χ3n) is 2.73. The standard InChI is InChI=1S/C15H18N2O/c1-3-12-4-6-14(7-5-12)18-15-10-13(11-16-2)8-9-17-15/h4-10,16H,3,11H2,1-2H3. The number of pyridine rings is 1. The van der Waals surface area contributed by atoms with Crippen LogP contribution in [0.5, 0.6) is 11.6 Å². The van der Waals surface area contributed by atoms with Crippen LogP contribution in [0.1, 0.15) is 18.1 Å². The Labute approximate surface area is 108 Å². The van der Waals surface area contributed by atoms with Crippen LogP contribution >= 0.6 is 0 Å². The number of hydrogen-bond donors (Lipinski definition) is 1. The lowest BCUT2D eigenvalue weighted by molar-refractivity contribution is 0.461. The van der Waals surface area contributed by atoms with Gasteiger partial charge in [-0.3, -0.25) is 0 Å². The fraction of sp³-hybridized carbons (Fsp3) is 0.267. The van der Waals surface area contributed by atoms with Gasteiger partial charge in [-0.05, 0) is 42.8 Å². The van der Waals surface area contributed by atoms with Gasteiger partial charge in [-0.15, -0.1) is 0 Å². The molecule has 0 aliphatic heterocycles. The molecule has 1 aromatic heterocycles. The van der Waals surface area contributed by atoms with Crippen LogP contribution in [0, 0.1) is 0 Å². The van der Waals surface area contributed by atoms with Crippen molar-refractivity contribution in [1.29, 1.82) is 0 Å². The van der Waals surface area contributed by atoms with E-state index in [0.29, 0.717) is 5.88 Å². The van der Waals surface area contributed by atoms with Crippen molar-refractivity contribution in [2.75, 3.05) is 7.05 Å². The van der Waals surface area contributed by atoms with E-state index < -0.39 is 0 Å². The SMILES string of the molecule is CCc1ccc(Oc2cc(CNC)ccn2)cc1.